The lowest BCUT2D eigenvalue weighted by molar-refractivity contribution is 0.101. The molecule has 66 heavy (non-hydrogen) atoms. The molecule has 4 aromatic heterocycles. The number of halogens is 1. The van der Waals surface area contributed by atoms with Crippen LogP contribution in [0.15, 0.2) is 131 Å². The number of carbonyl (C=O) groups excluding carboxylic acids is 2. The van der Waals surface area contributed by atoms with Gasteiger partial charge in [-0.3, -0.25) is 29.0 Å². The third kappa shape index (κ3) is 9.96. The van der Waals surface area contributed by atoms with Crippen LogP contribution < -0.4 is 21.8 Å². The number of benzene rings is 4. The summed E-state index contributed by atoms with van der Waals surface area (Å²) in [6, 6.07) is 30.3. The molecule has 14 nitrogen and oxygen atoms in total. The Bertz CT molecular complexity index is 3120. The second kappa shape index (κ2) is 18.8. The number of fused-ring (bicyclic) bond motifs is 2. The zero-order chi connectivity index (χ0) is 45.1. The number of carbonyl (C=O) groups is 2. The number of H-pyrrole nitrogens is 2. The van der Waals surface area contributed by atoms with Crippen molar-refractivity contribution in [2.75, 3.05) is 16.0 Å². The Labute approximate surface area is 388 Å². The molecular weight excluding hydrogens is 897 g/mol. The molecule has 4 aromatic carbocycles. The summed E-state index contributed by atoms with van der Waals surface area (Å²) in [5, 5.41) is 32.3. The second-order valence-electron chi connectivity index (χ2n) is 17.8. The van der Waals surface area contributed by atoms with Crippen molar-refractivity contribution in [3.05, 3.63) is 154 Å². The Morgan fingerprint density at radius 1 is 0.667 bits per heavy atom. The molecule has 334 valence electrons. The molecule has 0 aliphatic heterocycles. The fraction of sp³-hybridized carbons (Fsp3) is 0.294. The van der Waals surface area contributed by atoms with Crippen molar-refractivity contribution in [3.8, 4) is 22.5 Å². The van der Waals surface area contributed by atoms with Crippen LogP contribution in [0.25, 0.3) is 44.1 Å². The van der Waals surface area contributed by atoms with Gasteiger partial charge >= 0.3 is 0 Å². The van der Waals surface area contributed by atoms with Gasteiger partial charge in [0.25, 0.3) is 22.9 Å². The van der Waals surface area contributed by atoms with Crippen molar-refractivity contribution in [3.63, 3.8) is 0 Å². The van der Waals surface area contributed by atoms with E-state index in [1.54, 1.807) is 29.3 Å². The number of amides is 2. The average molecular weight is 946 g/mol. The first-order valence-electron chi connectivity index (χ1n) is 22.7. The maximum atomic E-state index is 13.4. The molecule has 0 radical (unpaired) electrons. The van der Waals surface area contributed by atoms with E-state index in [9.17, 15) is 19.2 Å². The Balaban J connectivity index is 0.000000141. The van der Waals surface area contributed by atoms with Gasteiger partial charge in [0.15, 0.2) is 0 Å². The summed E-state index contributed by atoms with van der Waals surface area (Å²) in [6.45, 7) is 0.877. The van der Waals surface area contributed by atoms with E-state index in [1.807, 2.05) is 95.7 Å². The maximum absolute atomic E-state index is 13.4. The van der Waals surface area contributed by atoms with E-state index >= 15 is 0 Å². The van der Waals surface area contributed by atoms with Crippen molar-refractivity contribution < 1.29 is 9.59 Å². The van der Waals surface area contributed by atoms with Gasteiger partial charge in [0.1, 0.15) is 0 Å². The Hall–Kier alpha value is -7.00. The van der Waals surface area contributed by atoms with Gasteiger partial charge in [-0.05, 0) is 111 Å². The Kier molecular flexibility index (Phi) is 12.3. The van der Waals surface area contributed by atoms with Gasteiger partial charge in [-0.2, -0.15) is 20.4 Å². The summed E-state index contributed by atoms with van der Waals surface area (Å²) in [5.41, 5.74) is 5.46. The van der Waals surface area contributed by atoms with E-state index in [1.165, 1.54) is 62.9 Å². The average Bonchev–Trinajstić information content (AvgIpc) is 4.13. The van der Waals surface area contributed by atoms with E-state index in [-0.39, 0.29) is 29.0 Å². The molecule has 0 saturated heterocycles. The molecule has 4 saturated carbocycles. The Morgan fingerprint density at radius 3 is 1.77 bits per heavy atom. The zero-order valence-corrected chi connectivity index (χ0v) is 37.8. The predicted octanol–water partition coefficient (Wildman–Crippen LogP) is 9.64. The lowest BCUT2D eigenvalue weighted by Crippen LogP contribution is -2.30. The smallest absolute Gasteiger partial charge is 0.274 e. The lowest BCUT2D eigenvalue weighted by atomic mass is 10.0. The molecule has 4 aliphatic carbocycles. The largest absolute Gasteiger partial charge is 0.322 e. The molecular formula is C51H49BrN10O4. The minimum atomic E-state index is -0.222. The number of anilines is 2. The first-order chi connectivity index (χ1) is 32.3. The SMILES string of the molecule is BrCC1CC1.O=C(Nc1ccc(-c2n[nH]c(=O)c3ccccc23)cc1)c1cnn(CC2CC2)c1.O=C(Nc1ccc(-c2nn(C(C3CC3)C3CC3)c(=O)c3ccccc23)cc1)c1cn[nH]c1. The monoisotopic (exact) mass is 944 g/mol. The first kappa shape index (κ1) is 42.9. The number of hydrogen-bond acceptors (Lipinski definition) is 8. The maximum Gasteiger partial charge on any atom is 0.274 e. The summed E-state index contributed by atoms with van der Waals surface area (Å²) < 4.78 is 3.62. The molecule has 0 bridgehead atoms. The van der Waals surface area contributed by atoms with Crippen LogP contribution >= 0.6 is 15.9 Å². The van der Waals surface area contributed by atoms with Crippen molar-refractivity contribution in [2.45, 2.75) is 64.0 Å². The molecule has 8 aromatic rings. The van der Waals surface area contributed by atoms with Crippen LogP contribution in [0.2, 0.25) is 0 Å². The third-order valence-corrected chi connectivity index (χ3v) is 13.5. The predicted molar refractivity (Wildman–Crippen MR) is 260 cm³/mol. The van der Waals surface area contributed by atoms with E-state index in [0.717, 1.165) is 40.1 Å². The number of nitrogens with zero attached hydrogens (tertiary/aromatic N) is 6. The molecule has 12 rings (SSSR count). The summed E-state index contributed by atoms with van der Waals surface area (Å²) in [7, 11) is 0. The molecule has 4 N–H and O–H groups in total. The normalized spacial score (nSPS) is 15.4. The highest BCUT2D eigenvalue weighted by atomic mass is 79.9. The topological polar surface area (TPSA) is 185 Å². The molecule has 0 unspecified atom stereocenters. The fourth-order valence-electron chi connectivity index (χ4n) is 8.24. The van der Waals surface area contributed by atoms with Crippen molar-refractivity contribution in [2.24, 2.45) is 23.7 Å². The molecule has 4 heterocycles. The van der Waals surface area contributed by atoms with Gasteiger partial charge in [0.05, 0.1) is 51.7 Å². The number of nitrogens with one attached hydrogen (secondary N) is 4. The highest BCUT2D eigenvalue weighted by Crippen LogP contribution is 2.51. The molecule has 2 amide bonds. The van der Waals surface area contributed by atoms with Crippen LogP contribution in [0.3, 0.4) is 0 Å². The van der Waals surface area contributed by atoms with E-state index in [2.05, 4.69) is 52.1 Å². The van der Waals surface area contributed by atoms with Crippen molar-refractivity contribution in [1.29, 1.82) is 0 Å². The van der Waals surface area contributed by atoms with Crippen LogP contribution in [0, 0.1) is 23.7 Å². The highest BCUT2D eigenvalue weighted by molar-refractivity contribution is 9.09. The van der Waals surface area contributed by atoms with E-state index < -0.39 is 0 Å². The molecule has 0 spiro atoms. The first-order valence-corrected chi connectivity index (χ1v) is 23.8. The number of rotatable bonds is 12. The summed E-state index contributed by atoms with van der Waals surface area (Å²) in [6.07, 6.45) is 16.6. The van der Waals surface area contributed by atoms with E-state index in [0.29, 0.717) is 56.7 Å². The van der Waals surface area contributed by atoms with Crippen LogP contribution in [0.1, 0.15) is 78.1 Å². The zero-order valence-electron chi connectivity index (χ0n) is 36.2. The van der Waals surface area contributed by atoms with E-state index in [4.69, 9.17) is 5.10 Å². The number of hydrogen-bond donors (Lipinski definition) is 4. The van der Waals surface area contributed by atoms with Gasteiger partial charge in [0.2, 0.25) is 0 Å². The van der Waals surface area contributed by atoms with Gasteiger partial charge in [-0.15, -0.1) is 0 Å². The number of aromatic nitrogens is 8. The molecule has 0 atom stereocenters. The molecule has 15 heteroatoms. The van der Waals surface area contributed by atoms with Crippen molar-refractivity contribution in [1.82, 2.24) is 40.0 Å². The van der Waals surface area contributed by atoms with Crippen molar-refractivity contribution >= 4 is 60.7 Å². The lowest BCUT2D eigenvalue weighted by Gasteiger charge is -2.20. The number of aromatic amines is 2. The fourth-order valence-corrected chi connectivity index (χ4v) is 8.89. The van der Waals surface area contributed by atoms with Crippen LogP contribution in [0.4, 0.5) is 11.4 Å². The quantitative estimate of drug-likeness (QED) is 0.0873. The molecule has 4 fully saturated rings. The van der Waals surface area contributed by atoms with Gasteiger partial charge < -0.3 is 10.6 Å². The van der Waals surface area contributed by atoms with Crippen LogP contribution in [0.5, 0.6) is 0 Å². The van der Waals surface area contributed by atoms with Gasteiger partial charge in [-0.1, -0.05) is 76.6 Å². The van der Waals surface area contributed by atoms with Crippen LogP contribution in [-0.2, 0) is 6.54 Å². The highest BCUT2D eigenvalue weighted by Gasteiger charge is 2.44. The second-order valence-corrected chi connectivity index (χ2v) is 18.4. The van der Waals surface area contributed by atoms with Gasteiger partial charge in [0, 0.05) is 57.5 Å². The Morgan fingerprint density at radius 2 is 1.23 bits per heavy atom. The summed E-state index contributed by atoms with van der Waals surface area (Å²) in [4.78, 5) is 50.1. The number of alkyl halides is 1. The van der Waals surface area contributed by atoms with Crippen LogP contribution in [-0.4, -0.2) is 57.1 Å². The molecule has 4 aliphatic rings. The summed E-state index contributed by atoms with van der Waals surface area (Å²) in [5.74, 6) is 2.49. The van der Waals surface area contributed by atoms with Gasteiger partial charge in [-0.25, -0.2) is 9.78 Å². The third-order valence-electron chi connectivity index (χ3n) is 12.6. The summed E-state index contributed by atoms with van der Waals surface area (Å²) >= 11 is 3.38. The minimum Gasteiger partial charge on any atom is -0.322 e. The standard InChI is InChI=1S/C25H23N5O2.C22H19N5O2.C4H7Br/c31-24(18-13-26-27-14-18)28-19-11-9-15(10-12-19)22-20-3-1-2-4-21(20)25(32)30(29-22)23(16-5-6-16)17-7-8-17;28-21(16-11-23-27(13-16)12-14-5-6-14)24-17-9-7-15(8-10-17)20-18-3-1-2-4-19(18)22(29)26-25-20;5-3-4-1-2-4/h1-4,9-14,16-17,23H,5-8H2,(H,26,27)(H,28,31);1-4,7-11,13-14H,5-6,12H2,(H,24,28)(H,26,29);4H,1-3H2. The minimum absolute atomic E-state index is 0.0112.